The highest BCUT2D eigenvalue weighted by Gasteiger charge is 2.50. The number of nitrogens with two attached hydrogens (primary N) is 1. The number of anilines is 3. The number of benzene rings is 3. The van der Waals surface area contributed by atoms with E-state index >= 15 is 4.79 Å². The average molecular weight is 1310 g/mol. The van der Waals surface area contributed by atoms with E-state index in [0.717, 1.165) is 52.7 Å². The zero-order valence-electron chi connectivity index (χ0n) is 49.0. The molecule has 4 aliphatic rings. The number of unbranched alkanes of at least 4 members (excludes halogenated alkanes) is 3. The number of carbonyl (C=O) groups is 2. The summed E-state index contributed by atoms with van der Waals surface area (Å²) >= 11 is 28.4. The van der Waals surface area contributed by atoms with Crippen LogP contribution in [0.3, 0.4) is 0 Å². The fourth-order valence-electron chi connectivity index (χ4n) is 12.2. The fraction of sp³-hybridized carbons (Fsp3) is 0.474. The van der Waals surface area contributed by atoms with E-state index < -0.39 is 52.7 Å². The van der Waals surface area contributed by atoms with Gasteiger partial charge in [-0.05, 0) is 90.2 Å². The van der Waals surface area contributed by atoms with Crippen molar-refractivity contribution in [2.45, 2.75) is 130 Å². The lowest BCUT2D eigenvalue weighted by atomic mass is 9.83. The van der Waals surface area contributed by atoms with Crippen LogP contribution in [0.1, 0.15) is 133 Å². The maximum atomic E-state index is 15.1. The van der Waals surface area contributed by atoms with E-state index in [-0.39, 0.29) is 78.5 Å². The number of hydrogen-bond acceptors (Lipinski definition) is 15. The van der Waals surface area contributed by atoms with Gasteiger partial charge in [0.25, 0.3) is 5.91 Å². The number of phosphoric ester groups is 2. The van der Waals surface area contributed by atoms with Crippen LogP contribution in [0.5, 0.6) is 11.5 Å². The molecule has 9 N–H and O–H groups in total. The molecule has 0 radical (unpaired) electrons. The number of aromatic nitrogens is 4. The summed E-state index contributed by atoms with van der Waals surface area (Å²) in [5.41, 5.74) is 12.4. The van der Waals surface area contributed by atoms with E-state index in [2.05, 4.69) is 131 Å². The highest BCUT2D eigenvalue weighted by Crippen LogP contribution is 2.52. The quantitative estimate of drug-likeness (QED) is 0.0104. The number of phosphoric acid groups is 2. The summed E-state index contributed by atoms with van der Waals surface area (Å²) < 4.78 is 49.3. The minimum absolute atomic E-state index is 0.0123. The number of aliphatic hydroxyl groups is 1. The lowest BCUT2D eigenvalue weighted by molar-refractivity contribution is -0.121. The van der Waals surface area contributed by atoms with Gasteiger partial charge < -0.3 is 60.3 Å². The van der Waals surface area contributed by atoms with Gasteiger partial charge in [0.1, 0.15) is 42.7 Å². The third-order valence-corrected chi connectivity index (χ3v) is 18.8. The Kier molecular flexibility index (Phi) is 19.2. The number of allylic oxidation sites excluding steroid dienone is 2. The normalized spacial score (nSPS) is 19.5. The summed E-state index contributed by atoms with van der Waals surface area (Å²) in [5, 5.41) is 18.7. The first-order chi connectivity index (χ1) is 40.4. The molecule has 9 rings (SSSR count). The van der Waals surface area contributed by atoms with Gasteiger partial charge in [0.2, 0.25) is 17.2 Å². The molecule has 1 saturated heterocycles. The number of fused-ring (bicyclic) bond motifs is 5. The number of hydrogen-bond donors (Lipinski definition) is 8. The van der Waals surface area contributed by atoms with Crippen LogP contribution in [0.4, 0.5) is 17.5 Å². The van der Waals surface area contributed by atoms with Gasteiger partial charge in [0.05, 0.1) is 43.9 Å². The first-order valence-corrected chi connectivity index (χ1v) is 32.7. The van der Waals surface area contributed by atoms with Crippen LogP contribution in [0.25, 0.3) is 27.9 Å². The molecule has 23 nitrogen and oxygen atoms in total. The van der Waals surface area contributed by atoms with Gasteiger partial charge in [-0.2, -0.15) is 0 Å². The van der Waals surface area contributed by atoms with Crippen molar-refractivity contribution in [1.29, 1.82) is 0 Å². The topological polar surface area (TPSA) is 310 Å². The number of ether oxygens (including phenoxy) is 2. The molecule has 2 amide bonds. The second-order valence-electron chi connectivity index (χ2n) is 22.8. The van der Waals surface area contributed by atoms with Crippen LogP contribution in [0.2, 0.25) is 20.1 Å². The second kappa shape index (κ2) is 25.4. The van der Waals surface area contributed by atoms with Gasteiger partial charge in [0.15, 0.2) is 28.7 Å². The maximum Gasteiger partial charge on any atom is 0.470 e. The van der Waals surface area contributed by atoms with Crippen molar-refractivity contribution in [1.82, 2.24) is 34.3 Å². The molecule has 3 aromatic carbocycles. The number of nitrogen functional groups attached to an aromatic ring is 1. The number of carbonyl (C=O) groups excluding carboxylic acids is 2. The minimum atomic E-state index is -5.28. The molecule has 86 heavy (non-hydrogen) atoms. The Labute approximate surface area is 517 Å². The van der Waals surface area contributed by atoms with Gasteiger partial charge in [0, 0.05) is 98.3 Å². The monoisotopic (exact) mass is 1310 g/mol. The molecule has 5 aromatic rings. The molecular weight excluding hydrogens is 1240 g/mol. The van der Waals surface area contributed by atoms with Crippen LogP contribution < -0.4 is 41.2 Å². The predicted octanol–water partition coefficient (Wildman–Crippen LogP) is 8.59. The zero-order chi connectivity index (χ0) is 62.7. The van der Waals surface area contributed by atoms with Crippen molar-refractivity contribution < 1.29 is 61.9 Å². The number of rotatable bonds is 22. The summed E-state index contributed by atoms with van der Waals surface area (Å²) in [6.45, 7) is 18.6. The lowest BCUT2D eigenvalue weighted by Crippen LogP contribution is -2.49. The van der Waals surface area contributed by atoms with Crippen molar-refractivity contribution in [3.05, 3.63) is 101 Å². The highest BCUT2D eigenvalue weighted by atomic mass is 35.5. The summed E-state index contributed by atoms with van der Waals surface area (Å²) in [4.78, 5) is 82.7. The molecular formula is C57H71Cl4N10O13P2+. The molecule has 0 spiro atoms. The first-order valence-electron chi connectivity index (χ1n) is 28.1. The van der Waals surface area contributed by atoms with E-state index in [0.29, 0.717) is 78.6 Å². The Morgan fingerprint density at radius 3 is 2.22 bits per heavy atom. The third kappa shape index (κ3) is 13.1. The van der Waals surface area contributed by atoms with E-state index in [9.17, 15) is 38.6 Å². The van der Waals surface area contributed by atoms with Gasteiger partial charge in [-0.15, -0.1) is 0 Å². The molecule has 0 saturated carbocycles. The van der Waals surface area contributed by atoms with E-state index in [1.165, 1.54) is 9.47 Å². The molecule has 464 valence electrons. The van der Waals surface area contributed by atoms with Crippen molar-refractivity contribution >= 4 is 119 Å². The summed E-state index contributed by atoms with van der Waals surface area (Å²) in [6.07, 6.45) is 1.97. The lowest BCUT2D eigenvalue weighted by Gasteiger charge is -2.43. The summed E-state index contributed by atoms with van der Waals surface area (Å²) in [5.74, 6) is 0.446. The van der Waals surface area contributed by atoms with E-state index in [1.807, 2.05) is 0 Å². The smallest absolute Gasteiger partial charge is 0.456 e. The number of imidazole rings is 1. The Morgan fingerprint density at radius 2 is 1.55 bits per heavy atom. The van der Waals surface area contributed by atoms with E-state index in [1.54, 1.807) is 7.05 Å². The number of amides is 2. The van der Waals surface area contributed by atoms with Gasteiger partial charge in [-0.25, -0.2) is 28.7 Å². The Hall–Kier alpha value is -5.20. The van der Waals surface area contributed by atoms with Crippen molar-refractivity contribution in [3.8, 4) is 11.5 Å². The zero-order valence-corrected chi connectivity index (χ0v) is 53.8. The van der Waals surface area contributed by atoms with Crippen LogP contribution in [-0.2, 0) is 27.7 Å². The molecule has 0 bridgehead atoms. The number of halogens is 4. The fourth-order valence-corrected chi connectivity index (χ4v) is 14.1. The standard InChI is InChI=1S/C57H70Cl4N10O13P2/c1-10-69-35-23-37-33(21-31(35)29(3)25-56(69,5)6)41(34-22-32-30(4)26-57(7,8)70(11-2)36(32)24-38(34)82-37)42-43(45(59)47(61)46(60)44(42)58)53(74)68(9)20-16-17-40(72)63-18-14-12-13-15-19-64-55-67-48-51(62)65-28-66-52(48)71(55)54-50(84-86(78,79)80)49(73)39(83-54)27-81-85(75,76)77/h21-26,28,39,49-50,54,62,73H,10-20,27H2,1-9H3,(H6,63,72,74,75,76,77,78,79,80)/p+1/t39-,49-,50-,54-/m1/s1. The highest BCUT2D eigenvalue weighted by molar-refractivity contribution is 7.46. The Morgan fingerprint density at radius 1 is 0.860 bits per heavy atom. The van der Waals surface area contributed by atoms with Gasteiger partial charge in [-0.1, -0.05) is 65.3 Å². The first kappa shape index (κ1) is 65.3. The molecule has 0 unspecified atom stereocenters. The SMILES string of the molecule is CCN1c2cc3c(cc2C(C)=CC1(C)C)C(c1c(Cl)c(Cl)c(Cl)c(Cl)c1C(=O)N(C)CCCC(=O)NCCCCCCNc1nc2c(N)ncnc2n1[C@@H]1O[C@H](COP(=O)(O)O)[C@@H](O)[C@H]1OP(=O)(O)O)=c1cc2c(cc1O3)=[N+](CC)C(C)(C)C=C2C. The van der Waals surface area contributed by atoms with Crippen LogP contribution in [0, 0.1) is 0 Å². The second-order valence-corrected chi connectivity index (χ2v) is 26.8. The van der Waals surface area contributed by atoms with Crippen LogP contribution in [-0.4, -0.2) is 137 Å². The summed E-state index contributed by atoms with van der Waals surface area (Å²) in [7, 11) is -8.68. The van der Waals surface area contributed by atoms with Crippen molar-refractivity contribution in [2.75, 3.05) is 62.3 Å². The van der Waals surface area contributed by atoms with Gasteiger partial charge in [-0.3, -0.25) is 23.2 Å². The van der Waals surface area contributed by atoms with Crippen molar-refractivity contribution in [3.63, 3.8) is 0 Å². The minimum Gasteiger partial charge on any atom is -0.456 e. The predicted molar refractivity (Wildman–Crippen MR) is 331 cm³/mol. The number of likely N-dealkylation sites (N-methyl/N-ethyl adjacent to an activating group) is 2. The molecule has 6 heterocycles. The Balaban J connectivity index is 0.877. The average Bonchev–Trinajstić information content (AvgIpc) is 2.10. The molecule has 4 atom stereocenters. The van der Waals surface area contributed by atoms with Gasteiger partial charge >= 0.3 is 15.6 Å². The Bertz CT molecular complexity index is 3850. The molecule has 2 aromatic heterocycles. The van der Waals surface area contributed by atoms with Crippen molar-refractivity contribution in [2.24, 2.45) is 0 Å². The molecule has 29 heteroatoms. The van der Waals surface area contributed by atoms with E-state index in [4.69, 9.17) is 66.1 Å². The number of nitrogens with zero attached hydrogens (tertiary/aromatic N) is 7. The maximum absolute atomic E-state index is 15.1. The third-order valence-electron chi connectivity index (χ3n) is 16.0. The molecule has 4 aliphatic heterocycles. The van der Waals surface area contributed by atoms with Crippen LogP contribution >= 0.6 is 62.0 Å². The van der Waals surface area contributed by atoms with Crippen LogP contribution in [0.15, 0.2) is 42.7 Å². The largest absolute Gasteiger partial charge is 0.470 e. The number of aliphatic hydroxyl groups excluding tert-OH is 1. The molecule has 1 fully saturated rings. The summed E-state index contributed by atoms with van der Waals surface area (Å²) in [6, 6.07) is 8.32. The molecule has 0 aliphatic carbocycles. The number of nitrogens with one attached hydrogen (secondary N) is 2.